The fourth-order valence-corrected chi connectivity index (χ4v) is 5.54. The molecule has 43 heavy (non-hydrogen) atoms. The molecular formula is C31H32N6O5S. The molecule has 2 aromatic heterocycles. The fourth-order valence-electron chi connectivity index (χ4n) is 4.68. The maximum atomic E-state index is 13.0. The summed E-state index contributed by atoms with van der Waals surface area (Å²) in [5.74, 6) is -1.22. The quantitative estimate of drug-likeness (QED) is 0.245. The van der Waals surface area contributed by atoms with Crippen molar-refractivity contribution in [1.82, 2.24) is 31.0 Å². The molecule has 12 heteroatoms. The van der Waals surface area contributed by atoms with Gasteiger partial charge in [-0.15, -0.1) is 11.3 Å². The highest BCUT2D eigenvalue weighted by atomic mass is 32.1. The van der Waals surface area contributed by atoms with E-state index in [0.29, 0.717) is 23.4 Å². The van der Waals surface area contributed by atoms with Gasteiger partial charge in [-0.05, 0) is 36.5 Å². The first-order chi connectivity index (χ1) is 20.8. The minimum atomic E-state index is -0.798. The number of thiazole rings is 1. The van der Waals surface area contributed by atoms with Gasteiger partial charge < -0.3 is 15.4 Å². The minimum absolute atomic E-state index is 0.119. The molecule has 3 heterocycles. The third kappa shape index (κ3) is 7.52. The molecule has 2 atom stereocenters. The second kappa shape index (κ2) is 13.4. The Morgan fingerprint density at radius 3 is 2.53 bits per heavy atom. The fraction of sp³-hybridized carbons (Fsp3) is 0.290. The van der Waals surface area contributed by atoms with Crippen molar-refractivity contribution in [2.45, 2.75) is 45.4 Å². The summed E-state index contributed by atoms with van der Waals surface area (Å²) >= 11 is 1.24. The molecule has 0 spiro atoms. The van der Waals surface area contributed by atoms with Crippen LogP contribution in [0.5, 0.6) is 0 Å². The van der Waals surface area contributed by atoms with E-state index in [1.165, 1.54) is 16.3 Å². The maximum Gasteiger partial charge on any atom is 0.408 e. The zero-order valence-corrected chi connectivity index (χ0v) is 24.6. The number of nitrogens with zero attached hydrogens (tertiary/aromatic N) is 3. The van der Waals surface area contributed by atoms with E-state index in [9.17, 15) is 19.2 Å². The maximum absolute atomic E-state index is 13.0. The van der Waals surface area contributed by atoms with Gasteiger partial charge in [-0.25, -0.2) is 14.8 Å². The van der Waals surface area contributed by atoms with Gasteiger partial charge in [-0.2, -0.15) is 0 Å². The van der Waals surface area contributed by atoms with Crippen LogP contribution in [0, 0.1) is 5.92 Å². The summed E-state index contributed by atoms with van der Waals surface area (Å²) in [6, 6.07) is 19.0. The third-order valence-electron chi connectivity index (χ3n) is 6.84. The highest BCUT2D eigenvalue weighted by Gasteiger charge is 2.35. The van der Waals surface area contributed by atoms with Gasteiger partial charge in [0.2, 0.25) is 0 Å². The second-order valence-corrected chi connectivity index (χ2v) is 11.5. The molecule has 1 aliphatic heterocycles. The lowest BCUT2D eigenvalue weighted by Crippen LogP contribution is -2.48. The predicted molar refractivity (Wildman–Crippen MR) is 161 cm³/mol. The van der Waals surface area contributed by atoms with E-state index in [4.69, 9.17) is 4.74 Å². The van der Waals surface area contributed by atoms with E-state index in [1.54, 1.807) is 17.5 Å². The van der Waals surface area contributed by atoms with Gasteiger partial charge >= 0.3 is 6.09 Å². The van der Waals surface area contributed by atoms with Gasteiger partial charge in [0.25, 0.3) is 17.7 Å². The standard InChI is InChI=1S/C31H32N6O5S/c1-19(2)16-25(35-31(41)42-17-20-8-4-3-5-9-20)29-34-26(18-43-29)28(39)36-37-15-14-24(30(37)40)33-27(38)23-13-12-21-10-6-7-11-22(21)32-23/h3-13,18-19,24-25H,14-17H2,1-2H3,(H,33,38)(H,35,41)(H,36,39)/t24-,25-/m0/s1. The van der Waals surface area contributed by atoms with Gasteiger partial charge in [0.1, 0.15) is 29.0 Å². The monoisotopic (exact) mass is 600 g/mol. The number of ether oxygens (including phenoxy) is 1. The molecule has 0 bridgehead atoms. The van der Waals surface area contributed by atoms with Gasteiger partial charge in [-0.3, -0.25) is 24.8 Å². The summed E-state index contributed by atoms with van der Waals surface area (Å²) in [5, 5.41) is 9.81. The highest BCUT2D eigenvalue weighted by Crippen LogP contribution is 2.25. The molecule has 1 saturated heterocycles. The van der Waals surface area contributed by atoms with Gasteiger partial charge in [0.05, 0.1) is 11.6 Å². The number of alkyl carbamates (subject to hydrolysis) is 1. The van der Waals surface area contributed by atoms with E-state index in [0.717, 1.165) is 10.9 Å². The normalized spacial score (nSPS) is 15.4. The molecule has 222 valence electrons. The van der Waals surface area contributed by atoms with Crippen LogP contribution in [0.4, 0.5) is 4.79 Å². The van der Waals surface area contributed by atoms with Crippen LogP contribution in [-0.2, 0) is 16.1 Å². The first-order valence-electron chi connectivity index (χ1n) is 14.0. The van der Waals surface area contributed by atoms with Gasteiger partial charge in [0, 0.05) is 17.3 Å². The summed E-state index contributed by atoms with van der Waals surface area (Å²) in [5.41, 5.74) is 4.47. The first kappa shape index (κ1) is 29.6. The van der Waals surface area contributed by atoms with Crippen LogP contribution < -0.4 is 16.1 Å². The summed E-state index contributed by atoms with van der Waals surface area (Å²) in [6.07, 6.45) is 0.338. The lowest BCUT2D eigenvalue weighted by molar-refractivity contribution is -0.131. The molecule has 11 nitrogen and oxygen atoms in total. The zero-order chi connectivity index (χ0) is 30.3. The molecule has 3 N–H and O–H groups in total. The number of pyridine rings is 1. The largest absolute Gasteiger partial charge is 0.445 e. The first-order valence-corrected chi connectivity index (χ1v) is 14.9. The second-order valence-electron chi connectivity index (χ2n) is 10.6. The minimum Gasteiger partial charge on any atom is -0.445 e. The number of amides is 4. The van der Waals surface area contributed by atoms with E-state index < -0.39 is 35.9 Å². The Hall–Kier alpha value is -4.84. The number of para-hydroxylation sites is 1. The van der Waals surface area contributed by atoms with Crippen LogP contribution in [0.15, 0.2) is 72.1 Å². The molecule has 0 aliphatic carbocycles. The number of carbonyl (C=O) groups is 4. The van der Waals surface area contributed by atoms with E-state index in [-0.39, 0.29) is 30.5 Å². The van der Waals surface area contributed by atoms with Crippen LogP contribution in [0.2, 0.25) is 0 Å². The summed E-state index contributed by atoms with van der Waals surface area (Å²) in [7, 11) is 0. The van der Waals surface area contributed by atoms with Crippen LogP contribution in [0.1, 0.15) is 64.3 Å². The van der Waals surface area contributed by atoms with Crippen molar-refractivity contribution in [1.29, 1.82) is 0 Å². The number of rotatable bonds is 10. The lowest BCUT2D eigenvalue weighted by atomic mass is 10.0. The number of benzene rings is 2. The molecule has 0 unspecified atom stereocenters. The van der Waals surface area contributed by atoms with Crippen LogP contribution >= 0.6 is 11.3 Å². The van der Waals surface area contributed by atoms with Crippen LogP contribution in [-0.4, -0.2) is 51.4 Å². The Balaban J connectivity index is 1.16. The summed E-state index contributed by atoms with van der Waals surface area (Å²) in [4.78, 5) is 60.1. The van der Waals surface area contributed by atoms with Crippen LogP contribution in [0.3, 0.4) is 0 Å². The van der Waals surface area contributed by atoms with Gasteiger partial charge in [-0.1, -0.05) is 68.4 Å². The number of hydrogen-bond donors (Lipinski definition) is 3. The Morgan fingerprint density at radius 2 is 1.74 bits per heavy atom. The van der Waals surface area contributed by atoms with E-state index >= 15 is 0 Å². The molecule has 1 aliphatic rings. The van der Waals surface area contributed by atoms with Crippen molar-refractivity contribution < 1.29 is 23.9 Å². The lowest BCUT2D eigenvalue weighted by Gasteiger charge is -2.19. The third-order valence-corrected chi connectivity index (χ3v) is 7.80. The smallest absolute Gasteiger partial charge is 0.408 e. The molecular weight excluding hydrogens is 568 g/mol. The molecule has 4 amide bonds. The SMILES string of the molecule is CC(C)C[C@H](NC(=O)OCc1ccccc1)c1nc(C(=O)NN2CC[C@H](NC(=O)c3ccc4ccccc4n3)C2=O)cs1. The Bertz CT molecular complexity index is 1630. The number of hydrazine groups is 1. The number of nitrogens with one attached hydrogen (secondary N) is 3. The molecule has 4 aromatic rings. The Morgan fingerprint density at radius 1 is 0.977 bits per heavy atom. The van der Waals surface area contributed by atoms with Crippen molar-refractivity contribution in [3.63, 3.8) is 0 Å². The van der Waals surface area contributed by atoms with Crippen molar-refractivity contribution >= 4 is 46.1 Å². The van der Waals surface area contributed by atoms with E-state index in [2.05, 4.69) is 26.0 Å². The van der Waals surface area contributed by atoms with Gasteiger partial charge in [0.15, 0.2) is 0 Å². The number of carbonyl (C=O) groups excluding carboxylic acids is 4. The highest BCUT2D eigenvalue weighted by molar-refractivity contribution is 7.09. The molecule has 5 rings (SSSR count). The zero-order valence-electron chi connectivity index (χ0n) is 23.8. The number of fused-ring (bicyclic) bond motifs is 1. The molecule has 2 aromatic carbocycles. The molecule has 0 radical (unpaired) electrons. The topological polar surface area (TPSA) is 143 Å². The van der Waals surface area contributed by atoms with Crippen molar-refractivity contribution in [2.24, 2.45) is 5.92 Å². The van der Waals surface area contributed by atoms with Crippen molar-refractivity contribution in [3.8, 4) is 0 Å². The summed E-state index contributed by atoms with van der Waals surface area (Å²) < 4.78 is 5.37. The number of aromatic nitrogens is 2. The predicted octanol–water partition coefficient (Wildman–Crippen LogP) is 4.38. The van der Waals surface area contributed by atoms with Crippen molar-refractivity contribution in [2.75, 3.05) is 6.54 Å². The Labute approximate surface area is 252 Å². The number of hydrogen-bond acceptors (Lipinski definition) is 8. The van der Waals surface area contributed by atoms with Crippen LogP contribution in [0.25, 0.3) is 10.9 Å². The molecule has 0 saturated carbocycles. The average molecular weight is 601 g/mol. The summed E-state index contributed by atoms with van der Waals surface area (Å²) in [6.45, 7) is 4.41. The molecule has 1 fully saturated rings. The van der Waals surface area contributed by atoms with E-state index in [1.807, 2.05) is 68.4 Å². The van der Waals surface area contributed by atoms with Crippen molar-refractivity contribution in [3.05, 3.63) is 94.1 Å². The average Bonchev–Trinajstić information content (AvgIpc) is 3.63. The Kier molecular flexibility index (Phi) is 9.26.